The summed E-state index contributed by atoms with van der Waals surface area (Å²) in [6.07, 6.45) is -0.173. The van der Waals surface area contributed by atoms with Gasteiger partial charge in [-0.15, -0.1) is 0 Å². The molecule has 27 heavy (non-hydrogen) atoms. The van der Waals surface area contributed by atoms with Gasteiger partial charge in [0.25, 0.3) is 5.91 Å². The Bertz CT molecular complexity index is 900. The zero-order chi connectivity index (χ0) is 19.6. The van der Waals surface area contributed by atoms with Crippen LogP contribution < -0.4 is 15.5 Å². The lowest BCUT2D eigenvalue weighted by Gasteiger charge is -2.22. The topological polar surface area (TPSA) is 87.7 Å². The Kier molecular flexibility index (Phi) is 4.81. The molecule has 7 nitrogen and oxygen atoms in total. The lowest BCUT2D eigenvalue weighted by molar-refractivity contribution is -0.138. The summed E-state index contributed by atoms with van der Waals surface area (Å²) in [5.74, 6) is -1.09. The monoisotopic (exact) mass is 371 g/mol. The quantitative estimate of drug-likeness (QED) is 0.786. The predicted molar refractivity (Wildman–Crippen MR) is 94.0 cm³/mol. The summed E-state index contributed by atoms with van der Waals surface area (Å²) in [6, 6.07) is 11.5. The number of carbonyl (C=O) groups is 3. The minimum Gasteiger partial charge on any atom is -0.497 e. The maximum absolute atomic E-state index is 13.2. The highest BCUT2D eigenvalue weighted by Crippen LogP contribution is 2.29. The summed E-state index contributed by atoms with van der Waals surface area (Å²) in [5, 5.41) is 3.23. The number of hydrogen-bond acceptors (Lipinski definition) is 4. The third-order valence-electron chi connectivity index (χ3n) is 4.35. The molecule has 2 aromatic carbocycles. The first kappa shape index (κ1) is 18.4. The Morgan fingerprint density at radius 3 is 2.56 bits per heavy atom. The van der Waals surface area contributed by atoms with Crippen molar-refractivity contribution in [3.8, 4) is 5.75 Å². The van der Waals surface area contributed by atoms with Crippen molar-refractivity contribution in [2.45, 2.75) is 18.9 Å². The molecule has 0 unspecified atom stereocenters. The van der Waals surface area contributed by atoms with Gasteiger partial charge in [0.15, 0.2) is 0 Å². The number of nitrogens with one attached hydrogen (secondary N) is 2. The van der Waals surface area contributed by atoms with Crippen molar-refractivity contribution in [3.63, 3.8) is 0 Å². The zero-order valence-electron chi connectivity index (χ0n) is 14.8. The predicted octanol–water partition coefficient (Wildman–Crippen LogP) is 1.88. The first-order chi connectivity index (χ1) is 12.8. The molecule has 1 aliphatic rings. The van der Waals surface area contributed by atoms with Gasteiger partial charge in [0.05, 0.1) is 13.5 Å². The highest BCUT2D eigenvalue weighted by atomic mass is 19.1. The van der Waals surface area contributed by atoms with E-state index in [2.05, 4.69) is 10.7 Å². The van der Waals surface area contributed by atoms with Gasteiger partial charge in [0, 0.05) is 0 Å². The lowest BCUT2D eigenvalue weighted by atomic mass is 9.92. The number of imide groups is 1. The smallest absolute Gasteiger partial charge is 0.344 e. The second kappa shape index (κ2) is 7.06. The molecule has 2 N–H and O–H groups in total. The number of benzene rings is 2. The molecule has 0 aromatic heterocycles. The van der Waals surface area contributed by atoms with E-state index < -0.39 is 29.2 Å². The highest BCUT2D eigenvalue weighted by Gasteiger charge is 2.50. The molecule has 0 aliphatic carbocycles. The molecular weight excluding hydrogens is 353 g/mol. The van der Waals surface area contributed by atoms with Crippen molar-refractivity contribution in [1.29, 1.82) is 0 Å². The van der Waals surface area contributed by atoms with E-state index in [1.807, 2.05) is 0 Å². The largest absolute Gasteiger partial charge is 0.497 e. The molecule has 0 spiro atoms. The maximum atomic E-state index is 13.2. The molecule has 8 heteroatoms. The Morgan fingerprint density at radius 2 is 1.93 bits per heavy atom. The Labute approximate surface area is 155 Å². The third kappa shape index (κ3) is 3.59. The molecular formula is C19H18FN3O4. The number of amides is 4. The van der Waals surface area contributed by atoms with Crippen molar-refractivity contribution in [1.82, 2.24) is 15.8 Å². The van der Waals surface area contributed by atoms with Crippen LogP contribution in [0.1, 0.15) is 18.1 Å². The maximum Gasteiger partial charge on any atom is 0.344 e. The number of hydrazine groups is 1. The molecule has 0 saturated carbocycles. The minimum absolute atomic E-state index is 0.173. The highest BCUT2D eigenvalue weighted by molar-refractivity contribution is 6.08. The lowest BCUT2D eigenvalue weighted by Crippen LogP contribution is -2.48. The molecule has 140 valence electrons. The van der Waals surface area contributed by atoms with Gasteiger partial charge in [-0.25, -0.2) is 9.18 Å². The normalized spacial score (nSPS) is 19.0. The van der Waals surface area contributed by atoms with Crippen LogP contribution in [0.25, 0.3) is 0 Å². The molecule has 2 aromatic rings. The summed E-state index contributed by atoms with van der Waals surface area (Å²) in [5.41, 5.74) is 1.93. The van der Waals surface area contributed by atoms with E-state index in [9.17, 15) is 18.8 Å². The number of carbonyl (C=O) groups excluding carboxylic acids is 3. The Balaban J connectivity index is 1.74. The van der Waals surface area contributed by atoms with E-state index in [4.69, 9.17) is 4.74 Å². The van der Waals surface area contributed by atoms with Crippen LogP contribution in [0.2, 0.25) is 0 Å². The van der Waals surface area contributed by atoms with Crippen LogP contribution in [0.5, 0.6) is 5.75 Å². The summed E-state index contributed by atoms with van der Waals surface area (Å²) in [6.45, 7) is 1.55. The van der Waals surface area contributed by atoms with E-state index >= 15 is 0 Å². The van der Waals surface area contributed by atoms with Gasteiger partial charge in [-0.2, -0.15) is 5.01 Å². The van der Waals surface area contributed by atoms with Crippen LogP contribution in [-0.4, -0.2) is 30.0 Å². The van der Waals surface area contributed by atoms with E-state index in [-0.39, 0.29) is 6.42 Å². The third-order valence-corrected chi connectivity index (χ3v) is 4.35. The summed E-state index contributed by atoms with van der Waals surface area (Å²) in [4.78, 5) is 37.2. The van der Waals surface area contributed by atoms with Crippen molar-refractivity contribution in [2.24, 2.45) is 0 Å². The summed E-state index contributed by atoms with van der Waals surface area (Å²) in [7, 11) is 1.52. The van der Waals surface area contributed by atoms with Crippen LogP contribution in [0.4, 0.5) is 9.18 Å². The Morgan fingerprint density at radius 1 is 1.22 bits per heavy atom. The molecule has 0 radical (unpaired) electrons. The van der Waals surface area contributed by atoms with E-state index in [1.165, 1.54) is 25.3 Å². The number of urea groups is 1. The Hall–Kier alpha value is -3.42. The molecule has 1 aliphatic heterocycles. The van der Waals surface area contributed by atoms with Gasteiger partial charge < -0.3 is 10.1 Å². The average molecular weight is 371 g/mol. The zero-order valence-corrected chi connectivity index (χ0v) is 14.8. The molecule has 1 fully saturated rings. The van der Waals surface area contributed by atoms with Crippen LogP contribution in [0.15, 0.2) is 48.5 Å². The van der Waals surface area contributed by atoms with Crippen molar-refractivity contribution >= 4 is 17.8 Å². The van der Waals surface area contributed by atoms with Crippen molar-refractivity contribution < 1.29 is 23.5 Å². The fraction of sp³-hybridized carbons (Fsp3) is 0.211. The number of nitrogens with zero attached hydrogens (tertiary/aromatic N) is 1. The molecule has 0 bridgehead atoms. The average Bonchev–Trinajstić information content (AvgIpc) is 2.86. The number of hydrogen-bond donors (Lipinski definition) is 2. The van der Waals surface area contributed by atoms with Gasteiger partial charge in [-0.3, -0.25) is 15.0 Å². The van der Waals surface area contributed by atoms with E-state index in [0.29, 0.717) is 21.9 Å². The van der Waals surface area contributed by atoms with Crippen LogP contribution >= 0.6 is 0 Å². The fourth-order valence-corrected chi connectivity index (χ4v) is 2.86. The summed E-state index contributed by atoms with van der Waals surface area (Å²) >= 11 is 0. The number of ether oxygens (including phenoxy) is 1. The standard InChI is InChI=1S/C19H18FN3O4/c1-19(13-6-8-15(27-2)9-7-13)17(25)23(18(26)21-19)22-16(24)11-12-4-3-5-14(20)10-12/h3-10H,11H2,1-2H3,(H,21,26)(H,22,24)/t19-/m1/s1. The molecule has 3 rings (SSSR count). The van der Waals surface area contributed by atoms with Crippen LogP contribution in [-0.2, 0) is 21.5 Å². The molecule has 4 amide bonds. The minimum atomic E-state index is -1.32. The van der Waals surface area contributed by atoms with Crippen LogP contribution in [0.3, 0.4) is 0 Å². The van der Waals surface area contributed by atoms with Crippen molar-refractivity contribution in [2.75, 3.05) is 7.11 Å². The number of rotatable bonds is 5. The summed E-state index contributed by atoms with van der Waals surface area (Å²) < 4.78 is 18.3. The molecule has 1 atom stereocenters. The fourth-order valence-electron chi connectivity index (χ4n) is 2.86. The van der Waals surface area contributed by atoms with Crippen LogP contribution in [0, 0.1) is 5.82 Å². The van der Waals surface area contributed by atoms with Gasteiger partial charge >= 0.3 is 6.03 Å². The second-order valence-electron chi connectivity index (χ2n) is 6.27. The molecule has 1 saturated heterocycles. The van der Waals surface area contributed by atoms with Gasteiger partial charge in [0.2, 0.25) is 5.91 Å². The first-order valence-electron chi connectivity index (χ1n) is 8.18. The first-order valence-corrected chi connectivity index (χ1v) is 8.18. The van der Waals surface area contributed by atoms with Gasteiger partial charge in [-0.05, 0) is 42.3 Å². The molecule has 1 heterocycles. The van der Waals surface area contributed by atoms with Crippen molar-refractivity contribution in [3.05, 3.63) is 65.5 Å². The van der Waals surface area contributed by atoms with Gasteiger partial charge in [-0.1, -0.05) is 24.3 Å². The number of halogens is 1. The SMILES string of the molecule is COc1ccc([C@@]2(C)NC(=O)N(NC(=O)Cc3cccc(F)c3)C2=O)cc1. The van der Waals surface area contributed by atoms with Gasteiger partial charge in [0.1, 0.15) is 17.1 Å². The van der Waals surface area contributed by atoms with E-state index in [0.717, 1.165) is 0 Å². The second-order valence-corrected chi connectivity index (χ2v) is 6.27. The number of methoxy groups -OCH3 is 1. The van der Waals surface area contributed by atoms with E-state index in [1.54, 1.807) is 37.3 Å².